The van der Waals surface area contributed by atoms with Crippen molar-refractivity contribution >= 4 is 39.8 Å². The number of halogens is 2. The van der Waals surface area contributed by atoms with Crippen molar-refractivity contribution in [2.45, 2.75) is 13.0 Å². The summed E-state index contributed by atoms with van der Waals surface area (Å²) in [6.07, 6.45) is 1.75. The summed E-state index contributed by atoms with van der Waals surface area (Å²) < 4.78 is 0. The summed E-state index contributed by atoms with van der Waals surface area (Å²) in [5, 5.41) is 5.93. The first-order valence-corrected chi connectivity index (χ1v) is 7.46. The third kappa shape index (κ3) is 2.97. The third-order valence-electron chi connectivity index (χ3n) is 3.46. The Hall–Kier alpha value is -1.77. The van der Waals surface area contributed by atoms with E-state index < -0.39 is 0 Å². The van der Waals surface area contributed by atoms with Crippen LogP contribution in [0.3, 0.4) is 0 Å². The minimum Gasteiger partial charge on any atom is -0.378 e. The zero-order valence-corrected chi connectivity index (χ0v) is 13.0. The van der Waals surface area contributed by atoms with E-state index in [2.05, 4.69) is 17.2 Å². The Bertz CT molecular complexity index is 769. The van der Waals surface area contributed by atoms with Crippen LogP contribution in [0, 0.1) is 0 Å². The van der Waals surface area contributed by atoms with Crippen LogP contribution < -0.4 is 5.32 Å². The van der Waals surface area contributed by atoms with E-state index in [1.54, 1.807) is 6.20 Å². The average Bonchev–Trinajstić information content (AvgIpc) is 2.51. The molecule has 106 valence electrons. The summed E-state index contributed by atoms with van der Waals surface area (Å²) in [6, 6.07) is 15.8. The number of rotatable bonds is 3. The van der Waals surface area contributed by atoms with Gasteiger partial charge in [-0.1, -0.05) is 35.3 Å². The number of fused-ring (bicyclic) bond motifs is 1. The molecular weight excluding hydrogens is 303 g/mol. The maximum atomic E-state index is 6.20. The van der Waals surface area contributed by atoms with Crippen molar-refractivity contribution in [3.05, 3.63) is 70.3 Å². The second-order valence-electron chi connectivity index (χ2n) is 4.91. The highest BCUT2D eigenvalue weighted by atomic mass is 35.5. The summed E-state index contributed by atoms with van der Waals surface area (Å²) in [7, 11) is 0. The zero-order chi connectivity index (χ0) is 14.8. The molecule has 0 aliphatic carbocycles. The Labute approximate surface area is 133 Å². The molecule has 0 saturated carbocycles. The van der Waals surface area contributed by atoms with E-state index in [9.17, 15) is 0 Å². The Morgan fingerprint density at radius 2 is 1.76 bits per heavy atom. The number of hydrogen-bond acceptors (Lipinski definition) is 2. The van der Waals surface area contributed by atoms with Gasteiger partial charge in [0.1, 0.15) is 0 Å². The predicted octanol–water partition coefficient (Wildman–Crippen LogP) is 5.71. The highest BCUT2D eigenvalue weighted by Gasteiger charge is 2.09. The summed E-state index contributed by atoms with van der Waals surface area (Å²) >= 11 is 12.1. The molecule has 0 spiro atoms. The SMILES string of the molecule is CC(Nc1ccc(Cl)c2ncccc12)c1ccc(Cl)cc1. The van der Waals surface area contributed by atoms with E-state index in [0.29, 0.717) is 5.02 Å². The monoisotopic (exact) mass is 316 g/mol. The van der Waals surface area contributed by atoms with Crippen LogP contribution in [0.4, 0.5) is 5.69 Å². The van der Waals surface area contributed by atoms with Gasteiger partial charge < -0.3 is 5.32 Å². The Morgan fingerprint density at radius 3 is 2.52 bits per heavy atom. The molecular formula is C17H14Cl2N2. The Balaban J connectivity index is 1.95. The molecule has 21 heavy (non-hydrogen) atoms. The van der Waals surface area contributed by atoms with Crippen molar-refractivity contribution < 1.29 is 0 Å². The van der Waals surface area contributed by atoms with Gasteiger partial charge in [0.25, 0.3) is 0 Å². The van der Waals surface area contributed by atoms with E-state index in [4.69, 9.17) is 23.2 Å². The lowest BCUT2D eigenvalue weighted by atomic mass is 10.1. The number of aromatic nitrogens is 1. The normalized spacial score (nSPS) is 12.3. The van der Waals surface area contributed by atoms with Gasteiger partial charge in [-0.25, -0.2) is 0 Å². The standard InChI is InChI=1S/C17H14Cl2N2/c1-11(12-4-6-13(18)7-5-12)21-16-9-8-15(19)17-14(16)3-2-10-20-17/h2-11,21H,1H3. The van der Waals surface area contributed by atoms with Crippen molar-refractivity contribution in [2.24, 2.45) is 0 Å². The smallest absolute Gasteiger partial charge is 0.0908 e. The summed E-state index contributed by atoms with van der Waals surface area (Å²) in [5.41, 5.74) is 3.00. The van der Waals surface area contributed by atoms with Crippen molar-refractivity contribution in [3.8, 4) is 0 Å². The van der Waals surface area contributed by atoms with Gasteiger partial charge in [0.15, 0.2) is 0 Å². The van der Waals surface area contributed by atoms with Crippen molar-refractivity contribution in [1.29, 1.82) is 0 Å². The maximum Gasteiger partial charge on any atom is 0.0908 e. The number of anilines is 1. The molecule has 0 radical (unpaired) electrons. The Kier molecular flexibility index (Phi) is 4.00. The molecule has 0 aliphatic heterocycles. The van der Waals surface area contributed by atoms with Gasteiger partial charge in [0.05, 0.1) is 10.5 Å². The number of nitrogens with zero attached hydrogens (tertiary/aromatic N) is 1. The first-order chi connectivity index (χ1) is 10.1. The molecule has 1 atom stereocenters. The summed E-state index contributed by atoms with van der Waals surface area (Å²) in [5.74, 6) is 0. The fourth-order valence-electron chi connectivity index (χ4n) is 2.33. The number of benzene rings is 2. The molecule has 1 unspecified atom stereocenters. The van der Waals surface area contributed by atoms with Crippen LogP contribution in [0.15, 0.2) is 54.7 Å². The molecule has 3 aromatic rings. The van der Waals surface area contributed by atoms with Crippen LogP contribution in [-0.4, -0.2) is 4.98 Å². The number of hydrogen-bond donors (Lipinski definition) is 1. The number of nitrogens with one attached hydrogen (secondary N) is 1. The molecule has 0 fully saturated rings. The minimum atomic E-state index is 0.159. The summed E-state index contributed by atoms with van der Waals surface area (Å²) in [6.45, 7) is 2.11. The minimum absolute atomic E-state index is 0.159. The molecule has 3 rings (SSSR count). The van der Waals surface area contributed by atoms with Crippen LogP contribution >= 0.6 is 23.2 Å². The lowest BCUT2D eigenvalue weighted by molar-refractivity contribution is 0.887. The molecule has 2 aromatic carbocycles. The van der Waals surface area contributed by atoms with Gasteiger partial charge in [0.2, 0.25) is 0 Å². The van der Waals surface area contributed by atoms with Gasteiger partial charge in [-0.05, 0) is 48.9 Å². The highest BCUT2D eigenvalue weighted by molar-refractivity contribution is 6.35. The average molecular weight is 317 g/mol. The quantitative estimate of drug-likeness (QED) is 0.669. The summed E-state index contributed by atoms with van der Waals surface area (Å²) in [4.78, 5) is 4.34. The second kappa shape index (κ2) is 5.92. The molecule has 0 amide bonds. The fraction of sp³-hybridized carbons (Fsp3) is 0.118. The van der Waals surface area contributed by atoms with Gasteiger partial charge >= 0.3 is 0 Å². The topological polar surface area (TPSA) is 24.9 Å². The molecule has 4 heteroatoms. The van der Waals surface area contributed by atoms with Crippen LogP contribution in [0.2, 0.25) is 10.0 Å². The van der Waals surface area contributed by atoms with Crippen LogP contribution in [0.1, 0.15) is 18.5 Å². The molecule has 0 aliphatic rings. The van der Waals surface area contributed by atoms with E-state index in [0.717, 1.165) is 21.6 Å². The second-order valence-corrected chi connectivity index (χ2v) is 5.76. The van der Waals surface area contributed by atoms with Gasteiger partial charge in [0, 0.05) is 28.3 Å². The predicted molar refractivity (Wildman–Crippen MR) is 90.2 cm³/mol. The third-order valence-corrected chi connectivity index (χ3v) is 4.02. The van der Waals surface area contributed by atoms with Gasteiger partial charge in [-0.2, -0.15) is 0 Å². The Morgan fingerprint density at radius 1 is 1.00 bits per heavy atom. The molecule has 1 heterocycles. The fourth-order valence-corrected chi connectivity index (χ4v) is 2.67. The van der Waals surface area contributed by atoms with Crippen molar-refractivity contribution in [3.63, 3.8) is 0 Å². The molecule has 2 nitrogen and oxygen atoms in total. The van der Waals surface area contributed by atoms with E-state index >= 15 is 0 Å². The van der Waals surface area contributed by atoms with Gasteiger partial charge in [-0.15, -0.1) is 0 Å². The molecule has 0 bridgehead atoms. The van der Waals surface area contributed by atoms with Crippen LogP contribution in [0.5, 0.6) is 0 Å². The van der Waals surface area contributed by atoms with E-state index in [1.165, 1.54) is 5.56 Å². The molecule has 1 aromatic heterocycles. The van der Waals surface area contributed by atoms with Gasteiger partial charge in [-0.3, -0.25) is 4.98 Å². The van der Waals surface area contributed by atoms with E-state index in [1.807, 2.05) is 48.5 Å². The maximum absolute atomic E-state index is 6.20. The zero-order valence-electron chi connectivity index (χ0n) is 11.5. The highest BCUT2D eigenvalue weighted by Crippen LogP contribution is 2.30. The number of pyridine rings is 1. The first kappa shape index (κ1) is 14.2. The van der Waals surface area contributed by atoms with Crippen LogP contribution in [-0.2, 0) is 0 Å². The van der Waals surface area contributed by atoms with E-state index in [-0.39, 0.29) is 6.04 Å². The van der Waals surface area contributed by atoms with Crippen molar-refractivity contribution in [2.75, 3.05) is 5.32 Å². The largest absolute Gasteiger partial charge is 0.378 e. The lowest BCUT2D eigenvalue weighted by Gasteiger charge is -2.17. The van der Waals surface area contributed by atoms with Crippen LogP contribution in [0.25, 0.3) is 10.9 Å². The lowest BCUT2D eigenvalue weighted by Crippen LogP contribution is -2.07. The van der Waals surface area contributed by atoms with Crippen molar-refractivity contribution in [1.82, 2.24) is 4.98 Å². The molecule has 1 N–H and O–H groups in total. The molecule has 0 saturated heterocycles. The first-order valence-electron chi connectivity index (χ1n) is 6.70.